The molecule has 2 atom stereocenters. The summed E-state index contributed by atoms with van der Waals surface area (Å²) in [6, 6.07) is 17.0. The first-order valence-corrected chi connectivity index (χ1v) is 15.6. The molecule has 228 valence electrons. The molecule has 7 nitrogen and oxygen atoms in total. The predicted molar refractivity (Wildman–Crippen MR) is 170 cm³/mol. The second-order valence-electron chi connectivity index (χ2n) is 11.6. The molecular weight excluding hydrogens is 585 g/mol. The van der Waals surface area contributed by atoms with Gasteiger partial charge < -0.3 is 25.0 Å². The number of ether oxygens (including phenoxy) is 2. The number of halogens is 2. The number of carbonyl (C=O) groups excluding carboxylic acids is 2. The molecule has 2 aliphatic rings. The first kappa shape index (κ1) is 31.2. The van der Waals surface area contributed by atoms with Gasteiger partial charge in [0.1, 0.15) is 19.0 Å². The number of benzene rings is 3. The van der Waals surface area contributed by atoms with Gasteiger partial charge in [0, 0.05) is 30.7 Å². The SMILES string of the molecule is Cc1cc(Cl)c(OCCOc2ccc(C(=O)N[C@@H]3CCNCC3C(=O)N(Cc3ccc(C)c(C)c3)C3CC3)cc2)c(Cl)c1. The number of nitrogens with zero attached hydrogens (tertiary/aromatic N) is 1. The van der Waals surface area contributed by atoms with Crippen LogP contribution in [0.15, 0.2) is 54.6 Å². The van der Waals surface area contributed by atoms with Crippen molar-refractivity contribution >= 4 is 35.0 Å². The summed E-state index contributed by atoms with van der Waals surface area (Å²) in [6.45, 7) is 8.56. The minimum atomic E-state index is -0.317. The fourth-order valence-corrected chi connectivity index (χ4v) is 6.16. The molecule has 0 bridgehead atoms. The molecule has 3 aromatic carbocycles. The van der Waals surface area contributed by atoms with Crippen molar-refractivity contribution in [2.75, 3.05) is 26.3 Å². The van der Waals surface area contributed by atoms with Crippen molar-refractivity contribution in [2.45, 2.75) is 58.7 Å². The second-order valence-corrected chi connectivity index (χ2v) is 12.4. The lowest BCUT2D eigenvalue weighted by Gasteiger charge is -2.36. The Kier molecular flexibility index (Phi) is 10.2. The lowest BCUT2D eigenvalue weighted by atomic mass is 9.91. The van der Waals surface area contributed by atoms with Crippen molar-refractivity contribution in [1.82, 2.24) is 15.5 Å². The summed E-state index contributed by atoms with van der Waals surface area (Å²) in [5.74, 6) is 0.642. The summed E-state index contributed by atoms with van der Waals surface area (Å²) in [4.78, 5) is 29.1. The Morgan fingerprint density at radius 2 is 1.60 bits per heavy atom. The molecule has 1 aliphatic heterocycles. The van der Waals surface area contributed by atoms with Crippen LogP contribution in [0.1, 0.15) is 51.9 Å². The molecule has 1 aliphatic carbocycles. The van der Waals surface area contributed by atoms with Gasteiger partial charge >= 0.3 is 0 Å². The highest BCUT2D eigenvalue weighted by Crippen LogP contribution is 2.34. The zero-order chi connectivity index (χ0) is 30.5. The van der Waals surface area contributed by atoms with Crippen molar-refractivity contribution in [3.05, 3.63) is 92.5 Å². The zero-order valence-corrected chi connectivity index (χ0v) is 26.4. The number of amides is 2. The molecule has 1 saturated heterocycles. The van der Waals surface area contributed by atoms with Gasteiger partial charge in [0.2, 0.25) is 5.91 Å². The Morgan fingerprint density at radius 1 is 0.907 bits per heavy atom. The van der Waals surface area contributed by atoms with Crippen molar-refractivity contribution < 1.29 is 19.1 Å². The van der Waals surface area contributed by atoms with E-state index in [-0.39, 0.29) is 43.0 Å². The zero-order valence-electron chi connectivity index (χ0n) is 24.9. The van der Waals surface area contributed by atoms with Crippen molar-refractivity contribution in [3.63, 3.8) is 0 Å². The number of hydrogen-bond acceptors (Lipinski definition) is 5. The number of carbonyl (C=O) groups is 2. The van der Waals surface area contributed by atoms with Gasteiger partial charge in [0.15, 0.2) is 5.75 Å². The van der Waals surface area contributed by atoms with Crippen molar-refractivity contribution in [1.29, 1.82) is 0 Å². The second kappa shape index (κ2) is 14.0. The van der Waals surface area contributed by atoms with Crippen LogP contribution in [0.2, 0.25) is 10.0 Å². The smallest absolute Gasteiger partial charge is 0.251 e. The van der Waals surface area contributed by atoms with Gasteiger partial charge in [-0.05, 0) is 105 Å². The average molecular weight is 625 g/mol. The molecule has 1 saturated carbocycles. The third-order valence-electron chi connectivity index (χ3n) is 8.17. The highest BCUT2D eigenvalue weighted by atomic mass is 35.5. The third-order valence-corrected chi connectivity index (χ3v) is 8.73. The van der Waals surface area contributed by atoms with Gasteiger partial charge in [0.05, 0.1) is 16.0 Å². The standard InChI is InChI=1S/C34H39Cl2N3O4/c1-21-16-29(35)32(30(36)17-21)43-15-14-42-27-10-6-25(7-11-27)33(40)38-31-12-13-37-19-28(31)34(41)39(26-8-9-26)20-24-5-4-22(2)23(3)18-24/h4-7,10-11,16-18,26,28,31,37H,8-9,12-15,19-20H2,1-3H3,(H,38,40)/t28?,31-/m1/s1. The Morgan fingerprint density at radius 3 is 2.28 bits per heavy atom. The highest BCUT2D eigenvalue weighted by molar-refractivity contribution is 6.37. The van der Waals surface area contributed by atoms with Crippen LogP contribution in [-0.4, -0.2) is 55.1 Å². The summed E-state index contributed by atoms with van der Waals surface area (Å²) in [5.41, 5.74) is 5.09. The fraction of sp³-hybridized carbons (Fsp3) is 0.412. The minimum Gasteiger partial charge on any atom is -0.490 e. The molecule has 9 heteroatoms. The summed E-state index contributed by atoms with van der Waals surface area (Å²) < 4.78 is 11.5. The van der Waals surface area contributed by atoms with E-state index >= 15 is 0 Å². The van der Waals surface area contributed by atoms with E-state index in [2.05, 4.69) is 42.7 Å². The van der Waals surface area contributed by atoms with Gasteiger partial charge in [0.25, 0.3) is 5.91 Å². The molecule has 1 heterocycles. The number of hydrogen-bond donors (Lipinski definition) is 2. The van der Waals surface area contributed by atoms with Crippen molar-refractivity contribution in [2.24, 2.45) is 5.92 Å². The minimum absolute atomic E-state index is 0.109. The molecule has 2 amide bonds. The molecular formula is C34H39Cl2N3O4. The molecule has 5 rings (SSSR count). The van der Waals surface area contributed by atoms with E-state index in [4.69, 9.17) is 32.7 Å². The van der Waals surface area contributed by atoms with E-state index < -0.39 is 0 Å². The van der Waals surface area contributed by atoms with Gasteiger partial charge in [-0.2, -0.15) is 0 Å². The van der Waals surface area contributed by atoms with Gasteiger partial charge in [-0.1, -0.05) is 41.4 Å². The molecule has 0 radical (unpaired) electrons. The number of aryl methyl sites for hydroxylation is 3. The topological polar surface area (TPSA) is 79.9 Å². The van der Waals surface area contributed by atoms with Crippen LogP contribution in [0.25, 0.3) is 0 Å². The van der Waals surface area contributed by atoms with Gasteiger partial charge in [-0.3, -0.25) is 9.59 Å². The Labute approximate surface area is 263 Å². The lowest BCUT2D eigenvalue weighted by Crippen LogP contribution is -2.55. The van der Waals surface area contributed by atoms with Crippen LogP contribution in [0.3, 0.4) is 0 Å². The summed E-state index contributed by atoms with van der Waals surface area (Å²) in [5, 5.41) is 7.43. The number of nitrogens with one attached hydrogen (secondary N) is 2. The maximum Gasteiger partial charge on any atom is 0.251 e. The largest absolute Gasteiger partial charge is 0.490 e. The van der Waals surface area contributed by atoms with Gasteiger partial charge in [-0.25, -0.2) is 0 Å². The maximum atomic E-state index is 13.9. The molecule has 2 fully saturated rings. The van der Waals surface area contributed by atoms with Crippen LogP contribution < -0.4 is 20.1 Å². The molecule has 43 heavy (non-hydrogen) atoms. The Bertz CT molecular complexity index is 1440. The molecule has 0 spiro atoms. The van der Waals surface area contributed by atoms with E-state index in [0.717, 1.165) is 30.5 Å². The van der Waals surface area contributed by atoms with E-state index in [1.165, 1.54) is 11.1 Å². The van der Waals surface area contributed by atoms with Crippen LogP contribution in [0, 0.1) is 26.7 Å². The molecule has 1 unspecified atom stereocenters. The molecule has 3 aromatic rings. The van der Waals surface area contributed by atoms with Crippen LogP contribution in [0.5, 0.6) is 11.5 Å². The number of rotatable bonds is 11. The van der Waals surface area contributed by atoms with E-state index in [9.17, 15) is 9.59 Å². The average Bonchev–Trinajstić information content (AvgIpc) is 3.82. The quantitative estimate of drug-likeness (QED) is 0.246. The summed E-state index contributed by atoms with van der Waals surface area (Å²) in [6.07, 6.45) is 2.75. The first-order chi connectivity index (χ1) is 20.7. The Balaban J connectivity index is 1.15. The summed E-state index contributed by atoms with van der Waals surface area (Å²) in [7, 11) is 0. The molecule has 2 N–H and O–H groups in total. The first-order valence-electron chi connectivity index (χ1n) is 14.9. The molecule has 0 aromatic heterocycles. The van der Waals surface area contributed by atoms with E-state index in [1.807, 2.05) is 11.8 Å². The van der Waals surface area contributed by atoms with Crippen LogP contribution in [-0.2, 0) is 11.3 Å². The summed E-state index contributed by atoms with van der Waals surface area (Å²) >= 11 is 12.5. The van der Waals surface area contributed by atoms with Crippen LogP contribution in [0.4, 0.5) is 0 Å². The normalized spacial score (nSPS) is 18.2. The van der Waals surface area contributed by atoms with Gasteiger partial charge in [-0.15, -0.1) is 0 Å². The fourth-order valence-electron chi connectivity index (χ4n) is 5.46. The van der Waals surface area contributed by atoms with Crippen molar-refractivity contribution in [3.8, 4) is 11.5 Å². The van der Waals surface area contributed by atoms with Crippen LogP contribution >= 0.6 is 23.2 Å². The maximum absolute atomic E-state index is 13.9. The van der Waals surface area contributed by atoms with E-state index in [1.54, 1.807) is 36.4 Å². The van der Waals surface area contributed by atoms with E-state index in [0.29, 0.717) is 46.6 Å². The predicted octanol–water partition coefficient (Wildman–Crippen LogP) is 6.28. The third kappa shape index (κ3) is 8.02. The lowest BCUT2D eigenvalue weighted by molar-refractivity contribution is -0.138. The Hall–Kier alpha value is -3.26. The number of piperidine rings is 1. The highest BCUT2D eigenvalue weighted by Gasteiger charge is 2.40. The monoisotopic (exact) mass is 623 g/mol.